The molecule has 1 aliphatic heterocycles. The van der Waals surface area contributed by atoms with Crippen molar-refractivity contribution in [2.75, 3.05) is 13.1 Å². The SMILES string of the molecule is O=C(O)N[C@@H](Cc1ccc(-c2ccc(F)nc2)cc1F)C(=O)N1CCCC1. The molecule has 0 saturated carbocycles. The lowest BCUT2D eigenvalue weighted by Gasteiger charge is -2.23. The Labute approximate surface area is 154 Å². The maximum Gasteiger partial charge on any atom is 0.405 e. The van der Waals surface area contributed by atoms with Crippen molar-refractivity contribution in [3.05, 3.63) is 53.9 Å². The summed E-state index contributed by atoms with van der Waals surface area (Å²) in [4.78, 5) is 28.7. The fraction of sp³-hybridized carbons (Fsp3) is 0.316. The van der Waals surface area contributed by atoms with Gasteiger partial charge in [0.05, 0.1) is 0 Å². The van der Waals surface area contributed by atoms with Crippen LogP contribution in [0.2, 0.25) is 0 Å². The van der Waals surface area contributed by atoms with Crippen LogP contribution in [0.4, 0.5) is 13.6 Å². The van der Waals surface area contributed by atoms with E-state index in [1.165, 1.54) is 30.5 Å². The van der Waals surface area contributed by atoms with Crippen LogP contribution < -0.4 is 5.32 Å². The molecule has 1 saturated heterocycles. The van der Waals surface area contributed by atoms with Gasteiger partial charge in [0.1, 0.15) is 11.9 Å². The van der Waals surface area contributed by atoms with Crippen LogP contribution >= 0.6 is 0 Å². The first kappa shape index (κ1) is 18.8. The van der Waals surface area contributed by atoms with Crippen molar-refractivity contribution in [3.63, 3.8) is 0 Å². The van der Waals surface area contributed by atoms with Gasteiger partial charge in [-0.2, -0.15) is 4.39 Å². The summed E-state index contributed by atoms with van der Waals surface area (Å²) in [5.41, 5.74) is 1.28. The second-order valence-electron chi connectivity index (χ2n) is 6.41. The minimum atomic E-state index is -1.33. The molecule has 6 nitrogen and oxygen atoms in total. The van der Waals surface area contributed by atoms with Crippen molar-refractivity contribution in [1.82, 2.24) is 15.2 Å². The summed E-state index contributed by atoms with van der Waals surface area (Å²) in [5.74, 6) is -1.54. The number of amides is 2. The highest BCUT2D eigenvalue weighted by Crippen LogP contribution is 2.23. The Morgan fingerprint density at radius 1 is 1.15 bits per heavy atom. The van der Waals surface area contributed by atoms with Gasteiger partial charge in [0.15, 0.2) is 0 Å². The molecule has 8 heteroatoms. The molecule has 1 fully saturated rings. The fourth-order valence-electron chi connectivity index (χ4n) is 3.17. The van der Waals surface area contributed by atoms with Gasteiger partial charge in [-0.25, -0.2) is 14.2 Å². The van der Waals surface area contributed by atoms with Crippen molar-refractivity contribution < 1.29 is 23.5 Å². The number of halogens is 2. The highest BCUT2D eigenvalue weighted by Gasteiger charge is 2.28. The Hall–Kier alpha value is -3.03. The molecule has 2 N–H and O–H groups in total. The highest BCUT2D eigenvalue weighted by molar-refractivity contribution is 5.85. The van der Waals surface area contributed by atoms with Gasteiger partial charge in [0.25, 0.3) is 0 Å². The van der Waals surface area contributed by atoms with Crippen LogP contribution in [0.25, 0.3) is 11.1 Å². The Morgan fingerprint density at radius 2 is 1.85 bits per heavy atom. The van der Waals surface area contributed by atoms with Crippen molar-refractivity contribution in [1.29, 1.82) is 0 Å². The third-order valence-corrected chi connectivity index (χ3v) is 4.55. The molecule has 142 valence electrons. The number of nitrogens with one attached hydrogen (secondary N) is 1. The van der Waals surface area contributed by atoms with E-state index < -0.39 is 23.9 Å². The molecule has 0 radical (unpaired) electrons. The predicted octanol–water partition coefficient (Wildman–Crippen LogP) is 2.83. The van der Waals surface area contributed by atoms with Gasteiger partial charge in [0.2, 0.25) is 11.9 Å². The van der Waals surface area contributed by atoms with E-state index in [0.717, 1.165) is 12.8 Å². The average Bonchev–Trinajstić information content (AvgIpc) is 3.17. The molecule has 0 bridgehead atoms. The Balaban J connectivity index is 1.79. The summed E-state index contributed by atoms with van der Waals surface area (Å²) in [6.45, 7) is 1.16. The molecule has 0 unspecified atom stereocenters. The predicted molar refractivity (Wildman–Crippen MR) is 94.1 cm³/mol. The Morgan fingerprint density at radius 3 is 2.44 bits per heavy atom. The third kappa shape index (κ3) is 4.58. The van der Waals surface area contributed by atoms with Crippen molar-refractivity contribution in [2.24, 2.45) is 0 Å². The third-order valence-electron chi connectivity index (χ3n) is 4.55. The number of likely N-dealkylation sites (tertiary alicyclic amines) is 1. The maximum absolute atomic E-state index is 14.6. The van der Waals surface area contributed by atoms with E-state index in [4.69, 9.17) is 5.11 Å². The van der Waals surface area contributed by atoms with E-state index >= 15 is 0 Å². The van der Waals surface area contributed by atoms with Gasteiger partial charge in [-0.05, 0) is 42.2 Å². The molecule has 1 aromatic carbocycles. The maximum atomic E-state index is 14.6. The van der Waals surface area contributed by atoms with E-state index in [-0.39, 0.29) is 17.9 Å². The molecule has 2 heterocycles. The molecule has 2 amide bonds. The number of aromatic nitrogens is 1. The summed E-state index contributed by atoms with van der Waals surface area (Å²) < 4.78 is 27.5. The summed E-state index contributed by atoms with van der Waals surface area (Å²) in [6.07, 6.45) is 1.63. The highest BCUT2D eigenvalue weighted by atomic mass is 19.1. The lowest BCUT2D eigenvalue weighted by Crippen LogP contribution is -2.48. The zero-order valence-corrected chi connectivity index (χ0v) is 14.5. The largest absolute Gasteiger partial charge is 0.465 e. The number of hydrogen-bond acceptors (Lipinski definition) is 3. The van der Waals surface area contributed by atoms with Gasteiger partial charge in [-0.15, -0.1) is 0 Å². The zero-order chi connectivity index (χ0) is 19.4. The first-order valence-electron chi connectivity index (χ1n) is 8.62. The summed E-state index contributed by atoms with van der Waals surface area (Å²) in [6, 6.07) is 6.02. The smallest absolute Gasteiger partial charge is 0.405 e. The second-order valence-corrected chi connectivity index (χ2v) is 6.41. The number of nitrogens with zero attached hydrogens (tertiary/aromatic N) is 2. The first-order valence-corrected chi connectivity index (χ1v) is 8.62. The molecule has 1 atom stereocenters. The molecular formula is C19H19F2N3O3. The fourth-order valence-corrected chi connectivity index (χ4v) is 3.17. The molecular weight excluding hydrogens is 356 g/mol. The van der Waals surface area contributed by atoms with Crippen LogP contribution in [-0.2, 0) is 11.2 Å². The van der Waals surface area contributed by atoms with Gasteiger partial charge < -0.3 is 15.3 Å². The number of carbonyl (C=O) groups is 2. The van der Waals surface area contributed by atoms with Crippen molar-refractivity contribution in [2.45, 2.75) is 25.3 Å². The first-order chi connectivity index (χ1) is 12.9. The zero-order valence-electron chi connectivity index (χ0n) is 14.5. The number of benzene rings is 1. The number of carboxylic acid groups (broad SMARTS) is 1. The molecule has 0 spiro atoms. The van der Waals surface area contributed by atoms with Crippen molar-refractivity contribution in [3.8, 4) is 11.1 Å². The van der Waals surface area contributed by atoms with E-state index in [1.807, 2.05) is 0 Å². The van der Waals surface area contributed by atoms with Crippen LogP contribution in [0.5, 0.6) is 0 Å². The molecule has 3 rings (SSSR count). The average molecular weight is 375 g/mol. The van der Waals surface area contributed by atoms with E-state index in [2.05, 4.69) is 10.3 Å². The second kappa shape index (κ2) is 8.11. The summed E-state index contributed by atoms with van der Waals surface area (Å²) in [5, 5.41) is 11.2. The van der Waals surface area contributed by atoms with E-state index in [9.17, 15) is 18.4 Å². The van der Waals surface area contributed by atoms with Gasteiger partial charge in [0, 0.05) is 31.3 Å². The van der Waals surface area contributed by atoms with E-state index in [0.29, 0.717) is 24.2 Å². The number of rotatable bonds is 5. The normalized spacial score (nSPS) is 14.8. The quantitative estimate of drug-likeness (QED) is 0.788. The van der Waals surface area contributed by atoms with E-state index in [1.54, 1.807) is 11.0 Å². The van der Waals surface area contributed by atoms with Crippen LogP contribution in [0.1, 0.15) is 18.4 Å². The van der Waals surface area contributed by atoms with Crippen molar-refractivity contribution >= 4 is 12.0 Å². The van der Waals surface area contributed by atoms with Crippen LogP contribution in [0.15, 0.2) is 36.5 Å². The molecule has 1 aliphatic rings. The minimum Gasteiger partial charge on any atom is -0.465 e. The molecule has 27 heavy (non-hydrogen) atoms. The lowest BCUT2D eigenvalue weighted by atomic mass is 10.00. The summed E-state index contributed by atoms with van der Waals surface area (Å²) in [7, 11) is 0. The molecule has 0 aliphatic carbocycles. The van der Waals surface area contributed by atoms with Gasteiger partial charge in [-0.3, -0.25) is 4.79 Å². The topological polar surface area (TPSA) is 82.5 Å². The Kier molecular flexibility index (Phi) is 5.63. The molecule has 2 aromatic rings. The van der Waals surface area contributed by atoms with Crippen LogP contribution in [-0.4, -0.2) is 46.1 Å². The summed E-state index contributed by atoms with van der Waals surface area (Å²) >= 11 is 0. The minimum absolute atomic E-state index is 0.0879. The van der Waals surface area contributed by atoms with Crippen LogP contribution in [0.3, 0.4) is 0 Å². The number of hydrogen-bond donors (Lipinski definition) is 2. The monoisotopic (exact) mass is 375 g/mol. The number of carbonyl (C=O) groups excluding carboxylic acids is 1. The lowest BCUT2D eigenvalue weighted by molar-refractivity contribution is -0.132. The molecule has 1 aromatic heterocycles. The Bertz CT molecular complexity index is 837. The van der Waals surface area contributed by atoms with Gasteiger partial charge in [-0.1, -0.05) is 12.1 Å². The number of pyridine rings is 1. The standard InChI is InChI=1S/C19H19F2N3O3/c20-15-9-12(14-5-6-17(21)22-11-14)3-4-13(15)10-16(23-19(26)27)18(25)24-7-1-2-8-24/h3-6,9,11,16,23H,1-2,7-8,10H2,(H,26,27)/t16-/m0/s1. The van der Waals surface area contributed by atoms with Crippen LogP contribution in [0, 0.1) is 11.8 Å². The van der Waals surface area contributed by atoms with Gasteiger partial charge >= 0.3 is 6.09 Å².